The molecule has 0 bridgehead atoms. The van der Waals surface area contributed by atoms with Crippen LogP contribution in [0.3, 0.4) is 0 Å². The van der Waals surface area contributed by atoms with Crippen LogP contribution in [-0.4, -0.2) is 18.5 Å². The average molecular weight is 206 g/mol. The summed E-state index contributed by atoms with van der Waals surface area (Å²) in [6, 6.07) is 0. The monoisotopic (exact) mass is 206 g/mol. The number of aliphatic imine (C=N–C) groups is 2. The molecule has 1 rings (SSSR count). The highest BCUT2D eigenvalue weighted by atomic mass is 14.8. The zero-order chi connectivity index (χ0) is 10.8. The fourth-order valence-electron chi connectivity index (χ4n) is 1.64. The minimum Gasteiger partial charge on any atom is -0.289 e. The Balaban J connectivity index is 1.96. The van der Waals surface area contributed by atoms with Gasteiger partial charge in [-0.1, -0.05) is 39.0 Å². The molecule has 84 valence electrons. The molecule has 1 aliphatic heterocycles. The summed E-state index contributed by atoms with van der Waals surface area (Å²) >= 11 is 0. The zero-order valence-electron chi connectivity index (χ0n) is 9.78. The van der Waals surface area contributed by atoms with E-state index in [1.54, 1.807) is 0 Å². The minimum atomic E-state index is 0.909. The van der Waals surface area contributed by atoms with E-state index >= 15 is 0 Å². The molecule has 2 heteroatoms. The van der Waals surface area contributed by atoms with Gasteiger partial charge in [0.25, 0.3) is 0 Å². The first-order chi connectivity index (χ1) is 7.43. The van der Waals surface area contributed by atoms with Crippen LogP contribution in [-0.2, 0) is 0 Å². The van der Waals surface area contributed by atoms with E-state index in [1.165, 1.54) is 44.2 Å². The van der Waals surface area contributed by atoms with E-state index in [4.69, 9.17) is 0 Å². The molecule has 15 heavy (non-hydrogen) atoms. The quantitative estimate of drug-likeness (QED) is 0.566. The highest BCUT2D eigenvalue weighted by molar-refractivity contribution is 6.04. The molecule has 0 aromatic rings. The second-order valence-corrected chi connectivity index (χ2v) is 3.99. The Morgan fingerprint density at radius 3 is 2.73 bits per heavy atom. The van der Waals surface area contributed by atoms with Crippen LogP contribution < -0.4 is 0 Å². The number of hydrogen-bond acceptors (Lipinski definition) is 2. The number of unbranched alkanes of at least 4 members (excludes halogenated alkanes) is 5. The lowest BCUT2D eigenvalue weighted by atomic mass is 10.1. The van der Waals surface area contributed by atoms with Gasteiger partial charge in [-0.05, 0) is 12.5 Å². The lowest BCUT2D eigenvalue weighted by Gasteiger charge is -2.01. The molecule has 0 fully saturated rings. The van der Waals surface area contributed by atoms with Gasteiger partial charge in [0.1, 0.15) is 0 Å². The number of allylic oxidation sites excluding steroid dienone is 1. The van der Waals surface area contributed by atoms with Crippen LogP contribution in [0.5, 0.6) is 0 Å². The van der Waals surface area contributed by atoms with Gasteiger partial charge in [-0.15, -0.1) is 0 Å². The molecule has 0 aliphatic carbocycles. The highest BCUT2D eigenvalue weighted by Crippen LogP contribution is 2.05. The molecule has 0 amide bonds. The van der Waals surface area contributed by atoms with Crippen LogP contribution in [0.4, 0.5) is 0 Å². The number of hydrogen-bond donors (Lipinski definition) is 0. The zero-order valence-corrected chi connectivity index (χ0v) is 9.78. The Labute approximate surface area is 93.2 Å². The first kappa shape index (κ1) is 12.2. The average Bonchev–Trinajstić information content (AvgIpc) is 2.29. The summed E-state index contributed by atoms with van der Waals surface area (Å²) in [4.78, 5) is 8.56. The van der Waals surface area contributed by atoms with Crippen molar-refractivity contribution in [2.24, 2.45) is 9.98 Å². The number of nitrogens with zero attached hydrogens (tertiary/aromatic N) is 2. The summed E-state index contributed by atoms with van der Waals surface area (Å²) in [5.74, 6) is 0. The fourth-order valence-corrected chi connectivity index (χ4v) is 1.64. The van der Waals surface area contributed by atoms with E-state index in [2.05, 4.69) is 16.9 Å². The normalized spacial score (nSPS) is 17.5. The fraction of sp³-hybridized carbons (Fsp3) is 0.692. The topological polar surface area (TPSA) is 24.7 Å². The maximum atomic E-state index is 4.54. The van der Waals surface area contributed by atoms with Crippen molar-refractivity contribution in [1.29, 1.82) is 0 Å². The maximum absolute atomic E-state index is 4.54. The van der Waals surface area contributed by atoms with E-state index < -0.39 is 0 Å². The standard InChI is InChI=1S/C13H22N2/c1-2-3-4-5-6-7-10-15-13-8-11-14-12-9-13/h8,11-12H,2-7,9-10H2,1H3. The summed E-state index contributed by atoms with van der Waals surface area (Å²) in [6.07, 6.45) is 14.7. The lowest BCUT2D eigenvalue weighted by molar-refractivity contribution is 0.612. The predicted octanol–water partition coefficient (Wildman–Crippen LogP) is 3.78. The van der Waals surface area contributed by atoms with Crippen LogP contribution in [0.2, 0.25) is 0 Å². The summed E-state index contributed by atoms with van der Waals surface area (Å²) in [7, 11) is 0. The van der Waals surface area contributed by atoms with Gasteiger partial charge in [0, 0.05) is 31.1 Å². The molecule has 0 unspecified atom stereocenters. The summed E-state index contributed by atoms with van der Waals surface area (Å²) in [5, 5.41) is 0. The third kappa shape index (κ3) is 6.21. The molecule has 0 aromatic heterocycles. The molecule has 1 aliphatic rings. The first-order valence-corrected chi connectivity index (χ1v) is 6.15. The van der Waals surface area contributed by atoms with Crippen molar-refractivity contribution in [3.8, 4) is 0 Å². The van der Waals surface area contributed by atoms with Crippen LogP contribution in [0.1, 0.15) is 51.9 Å². The van der Waals surface area contributed by atoms with Gasteiger partial charge in [-0.2, -0.15) is 0 Å². The molecule has 1 heterocycles. The predicted molar refractivity (Wildman–Crippen MR) is 67.9 cm³/mol. The van der Waals surface area contributed by atoms with Gasteiger partial charge in [0.15, 0.2) is 0 Å². The van der Waals surface area contributed by atoms with Crippen molar-refractivity contribution in [3.05, 3.63) is 12.3 Å². The molecule has 0 atom stereocenters. The molecular formula is C13H22N2. The number of rotatable bonds is 7. The molecule has 0 aromatic carbocycles. The molecule has 0 N–H and O–H groups in total. The maximum Gasteiger partial charge on any atom is 0.0416 e. The molecule has 0 radical (unpaired) electrons. The third-order valence-electron chi connectivity index (χ3n) is 2.59. The van der Waals surface area contributed by atoms with E-state index in [0.29, 0.717) is 0 Å². The SMILES string of the molecule is CCCCCCCCN=C1C=CN=CC1. The van der Waals surface area contributed by atoms with E-state index in [-0.39, 0.29) is 0 Å². The van der Waals surface area contributed by atoms with Crippen LogP contribution >= 0.6 is 0 Å². The van der Waals surface area contributed by atoms with E-state index in [1.807, 2.05) is 18.5 Å². The Kier molecular flexibility index (Phi) is 6.80. The van der Waals surface area contributed by atoms with Gasteiger partial charge in [0.05, 0.1) is 0 Å². The Morgan fingerprint density at radius 1 is 1.20 bits per heavy atom. The van der Waals surface area contributed by atoms with Crippen LogP contribution in [0, 0.1) is 0 Å². The van der Waals surface area contributed by atoms with E-state index in [0.717, 1.165) is 13.0 Å². The lowest BCUT2D eigenvalue weighted by Crippen LogP contribution is -1.99. The highest BCUT2D eigenvalue weighted by Gasteiger charge is 1.95. The summed E-state index contributed by atoms with van der Waals surface area (Å²) in [6.45, 7) is 3.24. The molecular weight excluding hydrogens is 184 g/mol. The third-order valence-corrected chi connectivity index (χ3v) is 2.59. The second-order valence-electron chi connectivity index (χ2n) is 3.99. The second kappa shape index (κ2) is 8.39. The molecule has 0 saturated carbocycles. The van der Waals surface area contributed by atoms with Gasteiger partial charge in [-0.3, -0.25) is 9.98 Å². The summed E-state index contributed by atoms with van der Waals surface area (Å²) < 4.78 is 0. The molecule has 0 spiro atoms. The van der Waals surface area contributed by atoms with Crippen LogP contribution in [0.25, 0.3) is 0 Å². The smallest absolute Gasteiger partial charge is 0.0416 e. The van der Waals surface area contributed by atoms with Crippen molar-refractivity contribution in [1.82, 2.24) is 0 Å². The molecule has 0 saturated heterocycles. The largest absolute Gasteiger partial charge is 0.289 e. The van der Waals surface area contributed by atoms with Crippen molar-refractivity contribution >= 4 is 11.9 Å². The van der Waals surface area contributed by atoms with Gasteiger partial charge in [-0.25, -0.2) is 0 Å². The Morgan fingerprint density at radius 2 is 2.00 bits per heavy atom. The van der Waals surface area contributed by atoms with E-state index in [9.17, 15) is 0 Å². The van der Waals surface area contributed by atoms with Crippen molar-refractivity contribution in [2.45, 2.75) is 51.9 Å². The van der Waals surface area contributed by atoms with Crippen molar-refractivity contribution in [2.75, 3.05) is 6.54 Å². The van der Waals surface area contributed by atoms with Gasteiger partial charge in [0.2, 0.25) is 0 Å². The Bertz CT molecular complexity index is 239. The molecule has 2 nitrogen and oxygen atoms in total. The van der Waals surface area contributed by atoms with Gasteiger partial charge < -0.3 is 0 Å². The van der Waals surface area contributed by atoms with Crippen molar-refractivity contribution < 1.29 is 0 Å². The van der Waals surface area contributed by atoms with Crippen LogP contribution in [0.15, 0.2) is 22.3 Å². The Hall–Kier alpha value is -0.920. The summed E-state index contributed by atoms with van der Waals surface area (Å²) in [5.41, 5.74) is 1.18. The van der Waals surface area contributed by atoms with Gasteiger partial charge >= 0.3 is 0 Å². The minimum absolute atomic E-state index is 0.909. The van der Waals surface area contributed by atoms with Crippen molar-refractivity contribution in [3.63, 3.8) is 0 Å². The first-order valence-electron chi connectivity index (χ1n) is 6.15.